The van der Waals surface area contributed by atoms with Crippen molar-refractivity contribution >= 4 is 6.09 Å². The fraction of sp³-hybridized carbons (Fsp3) is 0.385. The van der Waals surface area contributed by atoms with Crippen molar-refractivity contribution in [3.05, 3.63) is 35.9 Å². The topological polar surface area (TPSA) is 76.4 Å². The Morgan fingerprint density at radius 1 is 1.44 bits per heavy atom. The Hall–Kier alpha value is -2.06. The molecule has 5 heteroatoms. The summed E-state index contributed by atoms with van der Waals surface area (Å²) in [7, 11) is 0. The third-order valence-corrected chi connectivity index (χ3v) is 3.23. The van der Waals surface area contributed by atoms with Crippen molar-refractivity contribution in [1.29, 1.82) is 5.26 Å². The summed E-state index contributed by atoms with van der Waals surface area (Å²) in [5.41, 5.74) is 1.11. The zero-order valence-electron chi connectivity index (χ0n) is 9.91. The van der Waals surface area contributed by atoms with Crippen molar-refractivity contribution in [2.75, 3.05) is 19.6 Å². The number of hydrogen-bond donors (Lipinski definition) is 2. The van der Waals surface area contributed by atoms with Crippen molar-refractivity contribution in [2.45, 2.75) is 12.0 Å². The van der Waals surface area contributed by atoms with E-state index in [0.29, 0.717) is 19.6 Å². The van der Waals surface area contributed by atoms with E-state index in [-0.39, 0.29) is 12.0 Å². The van der Waals surface area contributed by atoms with Crippen LogP contribution >= 0.6 is 0 Å². The number of nitrogens with zero attached hydrogens (tertiary/aromatic N) is 2. The smallest absolute Gasteiger partial charge is 0.404 e. The van der Waals surface area contributed by atoms with Crippen LogP contribution in [0.4, 0.5) is 4.79 Å². The Balaban J connectivity index is 2.15. The van der Waals surface area contributed by atoms with E-state index < -0.39 is 6.09 Å². The lowest BCUT2D eigenvalue weighted by molar-refractivity contribution is 0.189. The Bertz CT molecular complexity index is 455. The van der Waals surface area contributed by atoms with Crippen molar-refractivity contribution in [1.82, 2.24) is 10.2 Å². The Morgan fingerprint density at radius 3 is 2.78 bits per heavy atom. The number of likely N-dealkylation sites (tertiary alicyclic amines) is 1. The molecule has 5 nitrogen and oxygen atoms in total. The average Bonchev–Trinajstić information content (AvgIpc) is 2.73. The molecule has 1 aliphatic rings. The Labute approximate surface area is 106 Å². The second-order valence-corrected chi connectivity index (χ2v) is 4.43. The molecule has 0 radical (unpaired) electrons. The second kappa shape index (κ2) is 5.52. The van der Waals surface area contributed by atoms with Gasteiger partial charge in [0.15, 0.2) is 0 Å². The molecular formula is C13H15N3O2. The fourth-order valence-electron chi connectivity index (χ4n) is 2.46. The normalized spacial score (nSPS) is 23.5. The minimum Gasteiger partial charge on any atom is -0.465 e. The number of benzene rings is 1. The second-order valence-electron chi connectivity index (χ2n) is 4.43. The number of hydrogen-bond acceptors (Lipinski definition) is 3. The first-order valence-corrected chi connectivity index (χ1v) is 5.84. The SMILES string of the molecule is N#CCN1CC(NC(=O)O)C(c2ccccc2)C1. The zero-order valence-corrected chi connectivity index (χ0v) is 9.91. The van der Waals surface area contributed by atoms with Crippen molar-refractivity contribution < 1.29 is 9.90 Å². The molecule has 1 fully saturated rings. The maximum absolute atomic E-state index is 10.8. The minimum atomic E-state index is -1.01. The van der Waals surface area contributed by atoms with Gasteiger partial charge < -0.3 is 10.4 Å². The minimum absolute atomic E-state index is 0.107. The van der Waals surface area contributed by atoms with Gasteiger partial charge in [0, 0.05) is 19.0 Å². The highest BCUT2D eigenvalue weighted by Gasteiger charge is 2.34. The largest absolute Gasteiger partial charge is 0.465 e. The van der Waals surface area contributed by atoms with Gasteiger partial charge in [0.2, 0.25) is 0 Å². The highest BCUT2D eigenvalue weighted by Crippen LogP contribution is 2.27. The predicted molar refractivity (Wildman–Crippen MR) is 66.2 cm³/mol. The van der Waals surface area contributed by atoms with E-state index in [9.17, 15) is 4.79 Å². The molecule has 1 saturated heterocycles. The van der Waals surface area contributed by atoms with Gasteiger partial charge >= 0.3 is 6.09 Å². The maximum atomic E-state index is 10.8. The molecule has 0 bridgehead atoms. The highest BCUT2D eigenvalue weighted by atomic mass is 16.4. The number of carboxylic acid groups (broad SMARTS) is 1. The van der Waals surface area contributed by atoms with Crippen LogP contribution in [0.2, 0.25) is 0 Å². The number of nitrogens with one attached hydrogen (secondary N) is 1. The van der Waals surface area contributed by atoms with Gasteiger partial charge in [-0.2, -0.15) is 5.26 Å². The molecule has 1 amide bonds. The Kier molecular flexibility index (Phi) is 3.80. The standard InChI is InChI=1S/C13H15N3O2/c14-6-7-16-8-11(10-4-2-1-3-5-10)12(9-16)15-13(17)18/h1-5,11-12,15H,7-9H2,(H,17,18). The summed E-state index contributed by atoms with van der Waals surface area (Å²) in [6, 6.07) is 11.8. The third kappa shape index (κ3) is 2.79. The van der Waals surface area contributed by atoms with Gasteiger partial charge in [-0.05, 0) is 5.56 Å². The molecular weight excluding hydrogens is 230 g/mol. The molecule has 2 atom stereocenters. The average molecular weight is 245 g/mol. The molecule has 2 rings (SSSR count). The van der Waals surface area contributed by atoms with Crippen LogP contribution in [0, 0.1) is 11.3 Å². The Morgan fingerprint density at radius 2 is 2.17 bits per heavy atom. The molecule has 0 aromatic heterocycles. The van der Waals surface area contributed by atoms with Crippen LogP contribution < -0.4 is 5.32 Å². The number of carbonyl (C=O) groups is 1. The summed E-state index contributed by atoms with van der Waals surface area (Å²) in [4.78, 5) is 12.8. The summed E-state index contributed by atoms with van der Waals surface area (Å²) in [5, 5.41) is 20.1. The molecule has 1 aliphatic heterocycles. The summed E-state index contributed by atoms with van der Waals surface area (Å²) >= 11 is 0. The molecule has 94 valence electrons. The summed E-state index contributed by atoms with van der Waals surface area (Å²) in [5.74, 6) is 0.107. The quantitative estimate of drug-likeness (QED) is 0.786. The van der Waals surface area contributed by atoms with E-state index in [1.807, 2.05) is 35.2 Å². The zero-order chi connectivity index (χ0) is 13.0. The summed E-state index contributed by atoms with van der Waals surface area (Å²) in [6.45, 7) is 1.63. The van der Waals surface area contributed by atoms with E-state index in [2.05, 4.69) is 11.4 Å². The van der Waals surface area contributed by atoms with E-state index in [0.717, 1.165) is 5.56 Å². The molecule has 18 heavy (non-hydrogen) atoms. The lowest BCUT2D eigenvalue weighted by atomic mass is 9.94. The van der Waals surface area contributed by atoms with E-state index in [1.165, 1.54) is 0 Å². The molecule has 0 spiro atoms. The van der Waals surface area contributed by atoms with Crippen molar-refractivity contribution in [3.8, 4) is 6.07 Å². The molecule has 2 unspecified atom stereocenters. The molecule has 0 saturated carbocycles. The molecule has 0 aliphatic carbocycles. The van der Waals surface area contributed by atoms with Crippen LogP contribution in [0.3, 0.4) is 0 Å². The lowest BCUT2D eigenvalue weighted by Crippen LogP contribution is -2.38. The van der Waals surface area contributed by atoms with E-state index >= 15 is 0 Å². The maximum Gasteiger partial charge on any atom is 0.404 e. The van der Waals surface area contributed by atoms with Gasteiger partial charge in [-0.25, -0.2) is 4.79 Å². The van der Waals surface area contributed by atoms with Crippen LogP contribution in [-0.2, 0) is 0 Å². The van der Waals surface area contributed by atoms with Crippen LogP contribution in [0.15, 0.2) is 30.3 Å². The van der Waals surface area contributed by atoms with Crippen LogP contribution in [0.25, 0.3) is 0 Å². The summed E-state index contributed by atoms with van der Waals surface area (Å²) < 4.78 is 0. The van der Waals surface area contributed by atoms with Gasteiger partial charge in [0.05, 0.1) is 18.7 Å². The van der Waals surface area contributed by atoms with Gasteiger partial charge in [0.25, 0.3) is 0 Å². The van der Waals surface area contributed by atoms with Crippen molar-refractivity contribution in [2.24, 2.45) is 0 Å². The highest BCUT2D eigenvalue weighted by molar-refractivity contribution is 5.65. The lowest BCUT2D eigenvalue weighted by Gasteiger charge is -2.18. The van der Waals surface area contributed by atoms with Gasteiger partial charge in [-0.3, -0.25) is 4.90 Å². The van der Waals surface area contributed by atoms with E-state index in [1.54, 1.807) is 0 Å². The van der Waals surface area contributed by atoms with Gasteiger partial charge in [0.1, 0.15) is 0 Å². The first-order chi connectivity index (χ1) is 8.70. The number of amides is 1. The fourth-order valence-corrected chi connectivity index (χ4v) is 2.46. The first-order valence-electron chi connectivity index (χ1n) is 5.84. The molecule has 2 N–H and O–H groups in total. The predicted octanol–water partition coefficient (Wildman–Crippen LogP) is 1.25. The van der Waals surface area contributed by atoms with Crippen LogP contribution in [0.1, 0.15) is 11.5 Å². The van der Waals surface area contributed by atoms with E-state index in [4.69, 9.17) is 10.4 Å². The van der Waals surface area contributed by atoms with Crippen LogP contribution in [-0.4, -0.2) is 41.8 Å². The van der Waals surface area contributed by atoms with Gasteiger partial charge in [-0.1, -0.05) is 30.3 Å². The monoisotopic (exact) mass is 245 g/mol. The molecule has 1 aromatic rings. The number of rotatable bonds is 3. The van der Waals surface area contributed by atoms with Crippen molar-refractivity contribution in [3.63, 3.8) is 0 Å². The first kappa shape index (κ1) is 12.4. The summed E-state index contributed by atoms with van der Waals surface area (Å²) in [6.07, 6.45) is -1.01. The number of nitriles is 1. The third-order valence-electron chi connectivity index (χ3n) is 3.23. The molecule has 1 heterocycles. The molecule has 1 aromatic carbocycles. The van der Waals surface area contributed by atoms with Gasteiger partial charge in [-0.15, -0.1) is 0 Å². The van der Waals surface area contributed by atoms with Crippen LogP contribution in [0.5, 0.6) is 0 Å².